The van der Waals surface area contributed by atoms with Crippen LogP contribution in [0.15, 0.2) is 27.1 Å². The third-order valence-electron chi connectivity index (χ3n) is 3.05. The van der Waals surface area contributed by atoms with Gasteiger partial charge in [0.25, 0.3) is 0 Å². The van der Waals surface area contributed by atoms with Gasteiger partial charge in [-0.05, 0) is 40.9 Å². The maximum atomic E-state index is 5.99. The molecule has 0 aliphatic heterocycles. The molecule has 0 aliphatic carbocycles. The molecule has 1 N–H and O–H groups in total. The molecular weight excluding hydrogens is 290 g/mol. The maximum Gasteiger partial charge on any atom is 0.148 e. The van der Waals surface area contributed by atoms with Crippen molar-refractivity contribution in [3.8, 4) is 0 Å². The molecule has 0 fully saturated rings. The molecule has 0 spiro atoms. The van der Waals surface area contributed by atoms with E-state index in [0.29, 0.717) is 5.92 Å². The quantitative estimate of drug-likeness (QED) is 0.879. The average Bonchev–Trinajstić information content (AvgIpc) is 2.68. The number of para-hydroxylation sites is 1. The van der Waals surface area contributed by atoms with Crippen molar-refractivity contribution < 1.29 is 4.42 Å². The maximum absolute atomic E-state index is 5.99. The zero-order valence-electron chi connectivity index (χ0n) is 11.2. The van der Waals surface area contributed by atoms with Gasteiger partial charge in [-0.15, -0.1) is 0 Å². The van der Waals surface area contributed by atoms with Crippen molar-refractivity contribution in [2.45, 2.75) is 33.7 Å². The van der Waals surface area contributed by atoms with Gasteiger partial charge in [-0.2, -0.15) is 0 Å². The van der Waals surface area contributed by atoms with Gasteiger partial charge in [0.05, 0.1) is 11.0 Å². The van der Waals surface area contributed by atoms with E-state index in [9.17, 15) is 0 Å². The number of fused-ring (bicyclic) bond motifs is 1. The summed E-state index contributed by atoms with van der Waals surface area (Å²) < 4.78 is 7.03. The van der Waals surface area contributed by atoms with E-state index in [2.05, 4.69) is 54.2 Å². The SMILES string of the molecule is CCc1c(CNCC(C)C)oc2c(Br)cccc12. The van der Waals surface area contributed by atoms with Gasteiger partial charge in [0.15, 0.2) is 0 Å². The van der Waals surface area contributed by atoms with Crippen molar-refractivity contribution in [3.05, 3.63) is 34.0 Å². The fourth-order valence-corrected chi connectivity index (χ4v) is 2.64. The van der Waals surface area contributed by atoms with Gasteiger partial charge in [-0.3, -0.25) is 0 Å². The molecular formula is C15H20BrNO. The number of nitrogens with one attached hydrogen (secondary N) is 1. The first kappa shape index (κ1) is 13.6. The van der Waals surface area contributed by atoms with Crippen molar-refractivity contribution in [1.29, 1.82) is 0 Å². The van der Waals surface area contributed by atoms with Gasteiger partial charge in [0.2, 0.25) is 0 Å². The van der Waals surface area contributed by atoms with Crippen LogP contribution in [0.3, 0.4) is 0 Å². The predicted molar refractivity (Wildman–Crippen MR) is 79.8 cm³/mol. The van der Waals surface area contributed by atoms with E-state index >= 15 is 0 Å². The number of rotatable bonds is 5. The molecule has 98 valence electrons. The van der Waals surface area contributed by atoms with E-state index in [0.717, 1.165) is 35.3 Å². The first-order chi connectivity index (χ1) is 8.63. The van der Waals surface area contributed by atoms with Crippen molar-refractivity contribution in [1.82, 2.24) is 5.32 Å². The predicted octanol–water partition coefficient (Wildman–Crippen LogP) is 4.50. The number of benzene rings is 1. The Morgan fingerprint density at radius 3 is 2.78 bits per heavy atom. The highest BCUT2D eigenvalue weighted by Gasteiger charge is 2.14. The van der Waals surface area contributed by atoms with Crippen LogP contribution in [-0.2, 0) is 13.0 Å². The largest absolute Gasteiger partial charge is 0.458 e. The van der Waals surface area contributed by atoms with Crippen molar-refractivity contribution in [2.75, 3.05) is 6.54 Å². The van der Waals surface area contributed by atoms with Crippen LogP contribution in [0.1, 0.15) is 32.1 Å². The summed E-state index contributed by atoms with van der Waals surface area (Å²) in [4.78, 5) is 0. The molecule has 0 radical (unpaired) electrons. The molecule has 1 aromatic heterocycles. The summed E-state index contributed by atoms with van der Waals surface area (Å²) in [7, 11) is 0. The second-order valence-electron chi connectivity index (χ2n) is 5.00. The zero-order valence-corrected chi connectivity index (χ0v) is 12.8. The molecule has 0 aliphatic rings. The summed E-state index contributed by atoms with van der Waals surface area (Å²) in [6.07, 6.45) is 1.00. The molecule has 18 heavy (non-hydrogen) atoms. The molecule has 2 aromatic rings. The Labute approximate surface area is 117 Å². The summed E-state index contributed by atoms with van der Waals surface area (Å²) >= 11 is 3.55. The van der Waals surface area contributed by atoms with Crippen LogP contribution in [0.5, 0.6) is 0 Å². The Balaban J connectivity index is 2.29. The minimum Gasteiger partial charge on any atom is -0.458 e. The van der Waals surface area contributed by atoms with Crippen molar-refractivity contribution in [2.24, 2.45) is 5.92 Å². The van der Waals surface area contributed by atoms with Crippen LogP contribution < -0.4 is 5.32 Å². The molecule has 2 nitrogen and oxygen atoms in total. The third-order valence-corrected chi connectivity index (χ3v) is 3.67. The Hall–Kier alpha value is -0.800. The second kappa shape index (κ2) is 5.89. The van der Waals surface area contributed by atoms with Gasteiger partial charge < -0.3 is 9.73 Å². The summed E-state index contributed by atoms with van der Waals surface area (Å²) in [5, 5.41) is 4.68. The number of hydrogen-bond donors (Lipinski definition) is 1. The molecule has 2 rings (SSSR count). The van der Waals surface area contributed by atoms with E-state index in [1.807, 2.05) is 6.07 Å². The minimum atomic E-state index is 0.659. The third kappa shape index (κ3) is 2.78. The van der Waals surface area contributed by atoms with Crippen molar-refractivity contribution >= 4 is 26.9 Å². The molecule has 0 bridgehead atoms. The molecule has 0 saturated carbocycles. The van der Waals surface area contributed by atoms with E-state index in [1.165, 1.54) is 10.9 Å². The van der Waals surface area contributed by atoms with Crippen LogP contribution in [0.25, 0.3) is 11.0 Å². The number of aryl methyl sites for hydroxylation is 1. The highest BCUT2D eigenvalue weighted by atomic mass is 79.9. The lowest BCUT2D eigenvalue weighted by Crippen LogP contribution is -2.19. The van der Waals surface area contributed by atoms with Crippen LogP contribution in [0.2, 0.25) is 0 Å². The van der Waals surface area contributed by atoms with Gasteiger partial charge in [0.1, 0.15) is 11.3 Å². The van der Waals surface area contributed by atoms with Gasteiger partial charge in [-0.1, -0.05) is 32.9 Å². The molecule has 0 amide bonds. The molecule has 0 unspecified atom stereocenters. The Kier molecular flexibility index (Phi) is 4.46. The van der Waals surface area contributed by atoms with E-state index in [4.69, 9.17) is 4.42 Å². The van der Waals surface area contributed by atoms with Crippen LogP contribution in [0.4, 0.5) is 0 Å². The summed E-state index contributed by atoms with van der Waals surface area (Å²) in [6, 6.07) is 6.22. The molecule has 1 heterocycles. The first-order valence-corrected chi connectivity index (χ1v) is 7.32. The molecule has 0 saturated heterocycles. The monoisotopic (exact) mass is 309 g/mol. The lowest BCUT2D eigenvalue weighted by Gasteiger charge is -2.06. The fraction of sp³-hybridized carbons (Fsp3) is 0.467. The molecule has 0 atom stereocenters. The standard InChI is InChI=1S/C15H20BrNO/c1-4-11-12-6-5-7-13(16)15(12)18-14(11)9-17-8-10(2)3/h5-7,10,17H,4,8-9H2,1-3H3. The minimum absolute atomic E-state index is 0.659. The van der Waals surface area contributed by atoms with Crippen LogP contribution in [0, 0.1) is 5.92 Å². The van der Waals surface area contributed by atoms with E-state index < -0.39 is 0 Å². The zero-order chi connectivity index (χ0) is 13.1. The molecule has 1 aromatic carbocycles. The lowest BCUT2D eigenvalue weighted by molar-refractivity contribution is 0.480. The fourth-order valence-electron chi connectivity index (χ4n) is 2.19. The second-order valence-corrected chi connectivity index (χ2v) is 5.85. The highest BCUT2D eigenvalue weighted by molar-refractivity contribution is 9.10. The van der Waals surface area contributed by atoms with Gasteiger partial charge in [-0.25, -0.2) is 0 Å². The van der Waals surface area contributed by atoms with Crippen LogP contribution in [-0.4, -0.2) is 6.54 Å². The van der Waals surface area contributed by atoms with E-state index in [-0.39, 0.29) is 0 Å². The summed E-state index contributed by atoms with van der Waals surface area (Å²) in [5.41, 5.74) is 2.29. The summed E-state index contributed by atoms with van der Waals surface area (Å²) in [5.74, 6) is 1.73. The van der Waals surface area contributed by atoms with Gasteiger partial charge >= 0.3 is 0 Å². The highest BCUT2D eigenvalue weighted by Crippen LogP contribution is 2.31. The summed E-state index contributed by atoms with van der Waals surface area (Å²) in [6.45, 7) is 8.42. The lowest BCUT2D eigenvalue weighted by atomic mass is 10.1. The normalized spacial score (nSPS) is 11.6. The average molecular weight is 310 g/mol. The Bertz CT molecular complexity index is 531. The number of hydrogen-bond acceptors (Lipinski definition) is 2. The number of halogens is 1. The molecule has 3 heteroatoms. The topological polar surface area (TPSA) is 25.2 Å². The van der Waals surface area contributed by atoms with Gasteiger partial charge in [0, 0.05) is 10.9 Å². The Morgan fingerprint density at radius 2 is 2.11 bits per heavy atom. The van der Waals surface area contributed by atoms with E-state index in [1.54, 1.807) is 0 Å². The number of furan rings is 1. The smallest absolute Gasteiger partial charge is 0.148 e. The Morgan fingerprint density at radius 1 is 1.33 bits per heavy atom. The first-order valence-electron chi connectivity index (χ1n) is 6.53. The van der Waals surface area contributed by atoms with Crippen LogP contribution >= 0.6 is 15.9 Å². The van der Waals surface area contributed by atoms with Crippen molar-refractivity contribution in [3.63, 3.8) is 0 Å².